The van der Waals surface area contributed by atoms with Crippen molar-refractivity contribution in [1.29, 1.82) is 0 Å². The first-order valence-electron chi connectivity index (χ1n) is 16.8. The number of rotatable bonds is 7. The van der Waals surface area contributed by atoms with Crippen LogP contribution in [0.5, 0.6) is 5.88 Å². The van der Waals surface area contributed by atoms with Crippen LogP contribution in [0.15, 0.2) is 24.9 Å². The van der Waals surface area contributed by atoms with Gasteiger partial charge in [-0.25, -0.2) is 4.31 Å². The molecule has 3 N–H and O–H groups in total. The van der Waals surface area contributed by atoms with Gasteiger partial charge in [-0.3, -0.25) is 20.2 Å². The van der Waals surface area contributed by atoms with Crippen LogP contribution in [-0.2, 0) is 0 Å². The first-order chi connectivity index (χ1) is 21.0. The van der Waals surface area contributed by atoms with Crippen molar-refractivity contribution >= 4 is 11.9 Å². The first kappa shape index (κ1) is 32.6. The monoisotopic (exact) mass is 639 g/mol. The lowest BCUT2D eigenvalue weighted by molar-refractivity contribution is -0.190. The highest BCUT2D eigenvalue weighted by Crippen LogP contribution is 2.59. The Balaban J connectivity index is 1.16. The molecule has 0 aromatic carbocycles. The van der Waals surface area contributed by atoms with Gasteiger partial charge in [0.05, 0.1) is 29.7 Å². The number of nitrogens with one attached hydrogen (secondary N) is 3. The highest BCUT2D eigenvalue weighted by molar-refractivity contribution is 7.97. The third-order valence-electron chi connectivity index (χ3n) is 10.7. The van der Waals surface area contributed by atoms with Crippen LogP contribution in [0.4, 0.5) is 13.2 Å². The molecule has 0 spiro atoms. The number of ether oxygens (including phenoxy) is 1. The maximum absolute atomic E-state index is 13.3. The molecule has 4 aliphatic heterocycles. The minimum atomic E-state index is -4.15. The van der Waals surface area contributed by atoms with Crippen LogP contribution in [0.1, 0.15) is 90.6 Å². The fourth-order valence-corrected chi connectivity index (χ4v) is 9.42. The van der Waals surface area contributed by atoms with Gasteiger partial charge in [0.25, 0.3) is 0 Å². The van der Waals surface area contributed by atoms with Crippen LogP contribution in [0.2, 0.25) is 0 Å². The molecule has 6 rings (SSSR count). The lowest BCUT2D eigenvalue weighted by Crippen LogP contribution is -2.61. The Hall–Kier alpha value is -1.31. The lowest BCUT2D eigenvalue weighted by atomic mass is 9.90. The molecule has 1 aliphatic carbocycles. The molecule has 44 heavy (non-hydrogen) atoms. The van der Waals surface area contributed by atoms with E-state index in [2.05, 4.69) is 50.7 Å². The van der Waals surface area contributed by atoms with Crippen molar-refractivity contribution < 1.29 is 17.9 Å². The Morgan fingerprint density at radius 1 is 1.11 bits per heavy atom. The molecule has 4 bridgehead atoms. The summed E-state index contributed by atoms with van der Waals surface area (Å²) < 4.78 is 50.2. The Morgan fingerprint density at radius 2 is 1.95 bits per heavy atom. The molecular formula is C32H52F3N7OS. The zero-order chi connectivity index (χ0) is 31.0. The topological polar surface area (TPSA) is 69.6 Å². The molecule has 5 fully saturated rings. The van der Waals surface area contributed by atoms with Crippen molar-refractivity contribution in [2.75, 3.05) is 32.8 Å². The van der Waals surface area contributed by atoms with Crippen LogP contribution in [-0.4, -0.2) is 81.2 Å². The summed E-state index contributed by atoms with van der Waals surface area (Å²) in [4.78, 5) is 2.72. The Morgan fingerprint density at radius 3 is 2.73 bits per heavy atom. The molecule has 12 heteroatoms. The molecule has 1 aromatic heterocycles. The van der Waals surface area contributed by atoms with E-state index in [1.54, 1.807) is 6.07 Å². The third-order valence-corrected chi connectivity index (χ3v) is 12.0. The van der Waals surface area contributed by atoms with Crippen LogP contribution in [0.3, 0.4) is 0 Å². The normalized spacial score (nSPS) is 36.1. The maximum atomic E-state index is 13.3. The summed E-state index contributed by atoms with van der Waals surface area (Å²) in [6.07, 6.45) is 9.95. The quantitative estimate of drug-likeness (QED) is 0.253. The number of hydrogen-bond donors (Lipinski definition) is 3. The van der Waals surface area contributed by atoms with E-state index in [9.17, 15) is 13.2 Å². The summed E-state index contributed by atoms with van der Waals surface area (Å²) in [6.45, 7) is 12.9. The van der Waals surface area contributed by atoms with Crippen molar-refractivity contribution in [3.05, 3.63) is 24.9 Å². The van der Waals surface area contributed by atoms with Crippen LogP contribution >= 0.6 is 11.9 Å². The second-order valence-corrected chi connectivity index (χ2v) is 15.8. The zero-order valence-corrected chi connectivity index (χ0v) is 27.3. The smallest absolute Gasteiger partial charge is 0.394 e. The van der Waals surface area contributed by atoms with E-state index < -0.39 is 11.6 Å². The van der Waals surface area contributed by atoms with Crippen molar-refractivity contribution in [2.45, 2.75) is 120 Å². The molecular weight excluding hydrogens is 587 g/mol. The summed E-state index contributed by atoms with van der Waals surface area (Å²) >= 11 is 1.95. The molecule has 0 radical (unpaired) electrons. The summed E-state index contributed by atoms with van der Waals surface area (Å²) in [5, 5.41) is 16.7. The molecule has 1 saturated carbocycles. The highest BCUT2D eigenvalue weighted by atomic mass is 32.2. The number of aromatic nitrogens is 2. The molecule has 0 amide bonds. The second-order valence-electron chi connectivity index (χ2n) is 14.5. The average Bonchev–Trinajstić information content (AvgIpc) is 3.52. The molecule has 1 aromatic rings. The second kappa shape index (κ2) is 13.4. The van der Waals surface area contributed by atoms with Gasteiger partial charge in [0.15, 0.2) is 0 Å². The van der Waals surface area contributed by atoms with E-state index in [1.165, 1.54) is 38.5 Å². The number of piperidine rings is 2. The van der Waals surface area contributed by atoms with E-state index in [0.717, 1.165) is 39.0 Å². The Bertz CT molecular complexity index is 1110. The van der Waals surface area contributed by atoms with Gasteiger partial charge < -0.3 is 10.1 Å². The number of alkyl halides is 3. The number of halogens is 3. The largest absolute Gasteiger partial charge is 0.477 e. The lowest BCUT2D eigenvalue weighted by Gasteiger charge is -2.48. The van der Waals surface area contributed by atoms with Crippen LogP contribution in [0, 0.1) is 17.3 Å². The number of nitrogens with zero attached hydrogens (tertiary/aromatic N) is 4. The van der Waals surface area contributed by atoms with Crippen molar-refractivity contribution in [3.8, 4) is 5.88 Å². The first-order valence-corrected chi connectivity index (χ1v) is 17.7. The molecule has 5 heterocycles. The van der Waals surface area contributed by atoms with E-state index in [-0.39, 0.29) is 43.7 Å². The van der Waals surface area contributed by atoms with E-state index in [4.69, 9.17) is 4.74 Å². The fraction of sp³-hybridized carbons (Fsp3) is 0.844. The maximum Gasteiger partial charge on any atom is 0.394 e. The van der Waals surface area contributed by atoms with Gasteiger partial charge in [-0.15, -0.1) is 11.7 Å². The summed E-state index contributed by atoms with van der Waals surface area (Å²) in [5.74, 6) is 1.50. The molecule has 248 valence electrons. The minimum absolute atomic E-state index is 0.000889. The minimum Gasteiger partial charge on any atom is -0.477 e. The number of fused-ring (bicyclic) bond motifs is 6. The molecule has 6 unspecified atom stereocenters. The summed E-state index contributed by atoms with van der Waals surface area (Å²) in [7, 11) is 0. The Kier molecular flexibility index (Phi) is 9.96. The van der Waals surface area contributed by atoms with Crippen LogP contribution in [0.25, 0.3) is 0 Å². The van der Waals surface area contributed by atoms with Gasteiger partial charge in [-0.1, -0.05) is 18.0 Å². The van der Waals surface area contributed by atoms with Gasteiger partial charge in [0.2, 0.25) is 5.88 Å². The van der Waals surface area contributed by atoms with Gasteiger partial charge in [0, 0.05) is 43.4 Å². The predicted molar refractivity (Wildman–Crippen MR) is 169 cm³/mol. The molecule has 8 nitrogen and oxygen atoms in total. The molecule has 5 aliphatic rings. The van der Waals surface area contributed by atoms with Crippen LogP contribution < -0.4 is 20.7 Å². The Labute approximate surface area is 265 Å². The predicted octanol–water partition coefficient (Wildman–Crippen LogP) is 5.86. The zero-order valence-electron chi connectivity index (χ0n) is 26.5. The van der Waals surface area contributed by atoms with Gasteiger partial charge in [-0.2, -0.15) is 13.2 Å². The van der Waals surface area contributed by atoms with Gasteiger partial charge >= 0.3 is 6.18 Å². The SMILES string of the molecule is C=CCN1CC2CCC(n3ccc(OCCC4(C(F)(F)F)CC4)n3)NC2N2C[C@@H](CCCNC3CCCC(N3)S1)CC2(C)C. The van der Waals surface area contributed by atoms with E-state index >= 15 is 0 Å². The summed E-state index contributed by atoms with van der Waals surface area (Å²) in [5.41, 5.74) is -1.47. The van der Waals surface area contributed by atoms with Crippen molar-refractivity contribution in [3.63, 3.8) is 0 Å². The van der Waals surface area contributed by atoms with Crippen molar-refractivity contribution in [2.24, 2.45) is 17.3 Å². The van der Waals surface area contributed by atoms with Gasteiger partial charge in [-0.05, 0) is 96.9 Å². The third kappa shape index (κ3) is 7.46. The average molecular weight is 640 g/mol. The summed E-state index contributed by atoms with van der Waals surface area (Å²) in [6, 6.07) is 1.79. The highest BCUT2D eigenvalue weighted by Gasteiger charge is 2.62. The number of hydrogen-bond acceptors (Lipinski definition) is 8. The van der Waals surface area contributed by atoms with Gasteiger partial charge in [0.1, 0.15) is 6.17 Å². The fourth-order valence-electron chi connectivity index (χ4n) is 8.09. The van der Waals surface area contributed by atoms with E-state index in [0.29, 0.717) is 29.3 Å². The molecule has 4 saturated heterocycles. The van der Waals surface area contributed by atoms with Crippen molar-refractivity contribution in [1.82, 2.24) is 34.9 Å². The standard InChI is InChI=1S/C32H52F3N7OS/c1-4-17-40-22-24-10-11-26(42-18-12-27(39-42)43-19-15-31(13-14-31)32(33,34)35)38-29(24)41-21-23(20-30(41,2)3)7-6-16-36-25-8-5-9-28(37-25)44-40/h4,12,18,23-26,28-29,36-38H,1,5-11,13-17,19-22H2,2-3H3/t23-,24?,25?,26?,28?,29?/m0/s1. The van der Waals surface area contributed by atoms with E-state index in [1.807, 2.05) is 28.9 Å². The molecule has 7 atom stereocenters.